The number of ether oxygens (including phenoxy) is 5. The van der Waals surface area contributed by atoms with Crippen molar-refractivity contribution >= 4 is 109 Å². The number of pyridine rings is 5. The molecule has 0 aliphatic rings. The lowest BCUT2D eigenvalue weighted by Gasteiger charge is -2.10. The smallest absolute Gasteiger partial charge is 0.255 e. The molecule has 26 heteroatoms. The average molecular weight is 1760 g/mol. The summed E-state index contributed by atoms with van der Waals surface area (Å²) in [7, 11) is 0. The summed E-state index contributed by atoms with van der Waals surface area (Å²) in [6.07, 6.45) is 18.5. The lowest BCUT2D eigenvalue weighted by molar-refractivity contribution is 0.101. The Labute approximate surface area is 731 Å². The van der Waals surface area contributed by atoms with Crippen molar-refractivity contribution in [2.45, 2.75) is 34.6 Å². The predicted octanol–water partition coefficient (Wildman–Crippen LogP) is 25.2. The van der Waals surface area contributed by atoms with E-state index in [2.05, 4.69) is 73.4 Å². The largest absolute Gasteiger partial charge is 0.456 e. The summed E-state index contributed by atoms with van der Waals surface area (Å²) >= 11 is 21.7. The quantitative estimate of drug-likeness (QED) is 0.0445. The van der Waals surface area contributed by atoms with Crippen molar-refractivity contribution in [3.05, 3.63) is 415 Å². The number of amides is 5. The fourth-order valence-corrected chi connectivity index (χ4v) is 12.4. The minimum Gasteiger partial charge on any atom is -0.456 e. The second-order valence-corrected chi connectivity index (χ2v) is 29.1. The van der Waals surface area contributed by atoms with Crippen molar-refractivity contribution in [2.24, 2.45) is 0 Å². The molecule has 5 aromatic heterocycles. The molecule has 20 nitrogen and oxygen atoms in total. The number of halogens is 6. The van der Waals surface area contributed by atoms with Crippen LogP contribution in [-0.4, -0.2) is 54.5 Å². The third-order valence-electron chi connectivity index (χ3n) is 16.7. The van der Waals surface area contributed by atoms with E-state index in [0.29, 0.717) is 123 Å². The van der Waals surface area contributed by atoms with Crippen LogP contribution in [0.15, 0.2) is 327 Å². The first kappa shape index (κ1) is 88.9. The Morgan fingerprint density at radius 2 is 0.650 bits per heavy atom. The number of hydrogen-bond acceptors (Lipinski definition) is 15. The van der Waals surface area contributed by atoms with Crippen LogP contribution in [0.5, 0.6) is 57.5 Å². The fraction of sp³-hybridized carbons (Fsp3) is 0.0515. The summed E-state index contributed by atoms with van der Waals surface area (Å²) in [4.78, 5) is 81.4. The molecule has 0 unspecified atom stereocenters. The fourth-order valence-electron chi connectivity index (χ4n) is 11.2. The van der Waals surface area contributed by atoms with Gasteiger partial charge in [-0.25, -0.2) is 8.78 Å². The topological polar surface area (TPSA) is 256 Å². The van der Waals surface area contributed by atoms with Gasteiger partial charge in [0, 0.05) is 142 Å². The van der Waals surface area contributed by atoms with Gasteiger partial charge in [-0.05, 0) is 198 Å². The van der Waals surface area contributed by atoms with E-state index >= 15 is 0 Å². The molecule has 5 N–H and O–H groups in total. The number of carbonyl (C=O) groups excluding carboxylic acids is 5. The number of nitrogens with one attached hydrogen (secondary N) is 5. The van der Waals surface area contributed by atoms with E-state index in [9.17, 15) is 32.8 Å². The van der Waals surface area contributed by atoms with Gasteiger partial charge >= 0.3 is 0 Å². The minimum absolute atomic E-state index is 0.146. The number of rotatable bonds is 20. The summed E-state index contributed by atoms with van der Waals surface area (Å²) in [6.45, 7) is 9.67. The zero-order chi connectivity index (χ0) is 87.2. The average Bonchev–Trinajstić information content (AvgIpc) is 0.858. The van der Waals surface area contributed by atoms with Crippen molar-refractivity contribution in [3.8, 4) is 69.8 Å². The van der Waals surface area contributed by atoms with Crippen LogP contribution in [0.1, 0.15) is 85.3 Å². The summed E-state index contributed by atoms with van der Waals surface area (Å²) in [5, 5.41) is 15.3. The van der Waals surface area contributed by atoms with E-state index in [-0.39, 0.29) is 41.0 Å². The SMILES string of the molecule is C#Cc1cccc(C(=O)Nc2cc(Cl)cc(Oc3cncc(F)c3)c2)c1.Cc1cccc(C(=O)Nc2cc(Br)cc(Oc3cccnc3)c2)c1.Cc1cccc(C(=O)Nc2cc(Cl)cc(Oc3ccc(C)nc3)c2)c1.Cc1cccc(C(=O)Nc2cc(Cl)cc(Oc3cncc(F)c3)c2)c1.Cc1cccc(C(=O)Nc2cccc(Oc3cccnc3)c2)c1. The van der Waals surface area contributed by atoms with E-state index < -0.39 is 11.6 Å². The molecule has 5 heterocycles. The number of aryl methyl sites for hydroxylation is 5. The molecule has 15 aromatic rings. The minimum atomic E-state index is -0.522. The first-order chi connectivity index (χ1) is 59.3. The number of hydrogen-bond donors (Lipinski definition) is 5. The Bertz CT molecular complexity index is 6300. The molecule has 614 valence electrons. The van der Waals surface area contributed by atoms with Crippen molar-refractivity contribution in [1.82, 2.24) is 24.9 Å². The van der Waals surface area contributed by atoms with Gasteiger partial charge in [0.2, 0.25) is 0 Å². The monoisotopic (exact) mass is 1760 g/mol. The molecule has 15 rings (SSSR count). The molecular formula is C97H74BrCl3F2N10O10. The summed E-state index contributed by atoms with van der Waals surface area (Å²) in [6, 6.07) is 76.8. The number of terminal acetylenes is 1. The summed E-state index contributed by atoms with van der Waals surface area (Å²) in [5.74, 6) is 5.13. The van der Waals surface area contributed by atoms with Gasteiger partial charge in [-0.1, -0.05) is 140 Å². The number of benzene rings is 10. The van der Waals surface area contributed by atoms with Crippen molar-refractivity contribution in [1.29, 1.82) is 0 Å². The number of carbonyl (C=O) groups is 5. The Balaban J connectivity index is 0.000000150. The predicted molar refractivity (Wildman–Crippen MR) is 480 cm³/mol. The highest BCUT2D eigenvalue weighted by Crippen LogP contribution is 2.34. The maximum absolute atomic E-state index is 13.2. The van der Waals surface area contributed by atoms with Crippen LogP contribution in [0.2, 0.25) is 15.1 Å². The summed E-state index contributed by atoms with van der Waals surface area (Å²) in [5.41, 5.74) is 11.2. The molecule has 0 bridgehead atoms. The number of anilines is 5. The summed E-state index contributed by atoms with van der Waals surface area (Å²) < 4.78 is 55.5. The molecular weight excluding hydrogens is 1690 g/mol. The highest BCUT2D eigenvalue weighted by Gasteiger charge is 2.16. The maximum Gasteiger partial charge on any atom is 0.255 e. The number of nitrogens with zero attached hydrogens (tertiary/aromatic N) is 5. The molecule has 0 saturated carbocycles. The van der Waals surface area contributed by atoms with Crippen molar-refractivity contribution in [3.63, 3.8) is 0 Å². The molecule has 0 atom stereocenters. The van der Waals surface area contributed by atoms with Gasteiger partial charge in [-0.3, -0.25) is 48.9 Å². The molecule has 0 spiro atoms. The lowest BCUT2D eigenvalue weighted by Crippen LogP contribution is -2.12. The van der Waals surface area contributed by atoms with Crippen LogP contribution >= 0.6 is 50.7 Å². The van der Waals surface area contributed by atoms with E-state index in [1.165, 1.54) is 24.5 Å². The molecule has 0 aliphatic carbocycles. The van der Waals surface area contributed by atoms with E-state index in [0.717, 1.165) is 44.8 Å². The van der Waals surface area contributed by atoms with Crippen LogP contribution in [0.3, 0.4) is 0 Å². The van der Waals surface area contributed by atoms with Gasteiger partial charge in [0.15, 0.2) is 0 Å². The van der Waals surface area contributed by atoms with Crippen LogP contribution in [0.4, 0.5) is 37.2 Å². The molecule has 0 saturated heterocycles. The van der Waals surface area contributed by atoms with Crippen LogP contribution in [-0.2, 0) is 0 Å². The Kier molecular flexibility index (Phi) is 31.9. The molecule has 5 amide bonds. The lowest BCUT2D eigenvalue weighted by atomic mass is 10.1. The molecule has 10 aromatic carbocycles. The molecule has 0 fully saturated rings. The Morgan fingerprint density at radius 1 is 0.317 bits per heavy atom. The molecule has 123 heavy (non-hydrogen) atoms. The first-order valence-electron chi connectivity index (χ1n) is 37.4. The van der Waals surface area contributed by atoms with Crippen LogP contribution < -0.4 is 50.3 Å². The number of aromatic nitrogens is 5. The molecule has 0 radical (unpaired) electrons. The second-order valence-electron chi connectivity index (χ2n) is 26.9. The zero-order valence-corrected chi connectivity index (χ0v) is 70.1. The highest BCUT2D eigenvalue weighted by atomic mass is 79.9. The first-order valence-corrected chi connectivity index (χ1v) is 39.3. The van der Waals surface area contributed by atoms with Gasteiger partial charge in [-0.15, -0.1) is 6.42 Å². The van der Waals surface area contributed by atoms with Gasteiger partial charge < -0.3 is 50.3 Å². The third-order valence-corrected chi connectivity index (χ3v) is 17.8. The van der Waals surface area contributed by atoms with Crippen molar-refractivity contribution < 1.29 is 56.4 Å². The third kappa shape index (κ3) is 29.2. The van der Waals surface area contributed by atoms with Gasteiger partial charge in [0.25, 0.3) is 29.5 Å². The standard InChI is InChI=1S/C20H12ClFN2O2.C20H17ClN2O2.C19H15BrN2O2.C19H14ClFN2O2.C19H16N2O2/c1-2-13-4-3-5-14(6-13)20(25)24-17-7-15(21)8-18(10-17)26-19-9-16(22)11-23-12-19;1-13-4-3-5-15(8-13)20(24)23-17-9-16(21)10-19(11-17)25-18-7-6-14(2)22-12-18;1-13-4-2-5-14(8-13)19(23)22-16-9-15(20)10-18(11-16)24-17-6-3-7-21-12-17;1-12-3-2-4-13(5-12)19(24)23-16-6-14(20)7-17(9-16)25-18-8-15(21)10-22-11-18;1-14-5-2-6-15(11-14)19(22)21-16-7-3-8-17(12-16)23-18-9-4-10-20-13-18/h1,3-12H,(H,24,25);3-12H,1-2H3,(H,23,24);2-12H,1H3,(H,22,23);2-11H,1H3,(H,23,24);2-13H,1H3,(H,21,22). The highest BCUT2D eigenvalue weighted by molar-refractivity contribution is 9.10. The Hall–Kier alpha value is -14.9. The molecule has 0 aliphatic heterocycles. The van der Waals surface area contributed by atoms with Gasteiger partial charge in [-0.2, -0.15) is 0 Å². The van der Waals surface area contributed by atoms with Crippen molar-refractivity contribution in [2.75, 3.05) is 26.6 Å². The van der Waals surface area contributed by atoms with E-state index in [1.54, 1.807) is 164 Å². The van der Waals surface area contributed by atoms with Crippen LogP contribution in [0.25, 0.3) is 0 Å². The Morgan fingerprint density at radius 3 is 1.02 bits per heavy atom. The maximum atomic E-state index is 13.2. The second kappa shape index (κ2) is 44.2. The van der Waals surface area contributed by atoms with E-state index in [1.807, 2.05) is 156 Å². The van der Waals surface area contributed by atoms with E-state index in [4.69, 9.17) is 64.9 Å². The van der Waals surface area contributed by atoms with Gasteiger partial charge in [0.05, 0.1) is 43.4 Å². The normalized spacial score (nSPS) is 10.2. The van der Waals surface area contributed by atoms with Crippen LogP contribution in [0, 0.1) is 58.6 Å². The van der Waals surface area contributed by atoms with Gasteiger partial charge in [0.1, 0.15) is 69.1 Å². The zero-order valence-electron chi connectivity index (χ0n) is 66.3.